The van der Waals surface area contributed by atoms with E-state index in [0.29, 0.717) is 26.2 Å². The molecule has 1 aliphatic rings. The molecule has 1 fully saturated rings. The number of ether oxygens (including phenoxy) is 1. The van der Waals surface area contributed by atoms with Crippen LogP contribution in [0.3, 0.4) is 0 Å². The van der Waals surface area contributed by atoms with Gasteiger partial charge in [0.25, 0.3) is 0 Å². The van der Waals surface area contributed by atoms with Crippen molar-refractivity contribution in [3.63, 3.8) is 0 Å². The zero-order valence-corrected chi connectivity index (χ0v) is 18.0. The first-order valence-corrected chi connectivity index (χ1v) is 9.93. The number of carbonyl (C=O) groups is 1. The molecule has 1 atom stereocenters. The van der Waals surface area contributed by atoms with Crippen LogP contribution >= 0.6 is 0 Å². The molecule has 29 heavy (non-hydrogen) atoms. The molecule has 1 saturated heterocycles. The third-order valence-corrected chi connectivity index (χ3v) is 5.70. The van der Waals surface area contributed by atoms with Crippen LogP contribution in [0, 0.1) is 13.8 Å². The van der Waals surface area contributed by atoms with E-state index < -0.39 is 5.54 Å². The lowest BCUT2D eigenvalue weighted by Gasteiger charge is -2.45. The minimum Gasteiger partial charge on any atom is -0.383 e. The number of rotatable bonds is 6. The quantitative estimate of drug-likeness (QED) is 0.797. The largest absolute Gasteiger partial charge is 0.383 e. The average Bonchev–Trinajstić information content (AvgIpc) is 3.18. The maximum atomic E-state index is 13.1. The molecule has 1 N–H and O–H groups in total. The van der Waals surface area contributed by atoms with E-state index in [1.54, 1.807) is 11.8 Å². The fourth-order valence-corrected chi connectivity index (χ4v) is 3.89. The Bertz CT molecular complexity index is 851. The summed E-state index contributed by atoms with van der Waals surface area (Å²) in [5.41, 5.74) is 2.56. The van der Waals surface area contributed by atoms with Crippen molar-refractivity contribution in [2.45, 2.75) is 38.8 Å². The minimum absolute atomic E-state index is 0.0967. The highest BCUT2D eigenvalue weighted by atomic mass is 16.5. The summed E-state index contributed by atoms with van der Waals surface area (Å²) >= 11 is 0. The van der Waals surface area contributed by atoms with E-state index in [-0.39, 0.29) is 6.03 Å². The zero-order chi connectivity index (χ0) is 21.0. The molecule has 2 amide bonds. The van der Waals surface area contributed by atoms with Gasteiger partial charge in [-0.05, 0) is 68.4 Å². The van der Waals surface area contributed by atoms with Gasteiger partial charge < -0.3 is 15.0 Å². The van der Waals surface area contributed by atoms with Crippen LogP contribution < -0.4 is 5.32 Å². The maximum Gasteiger partial charge on any atom is 0.321 e. The summed E-state index contributed by atoms with van der Waals surface area (Å²) in [5.74, 6) is 0.767. The van der Waals surface area contributed by atoms with E-state index in [0.717, 1.165) is 35.5 Å². The summed E-state index contributed by atoms with van der Waals surface area (Å²) in [6.45, 7) is 6.34. The van der Waals surface area contributed by atoms with Gasteiger partial charge in [-0.25, -0.2) is 9.48 Å². The van der Waals surface area contributed by atoms with E-state index in [1.807, 2.05) is 51.0 Å². The van der Waals surface area contributed by atoms with Gasteiger partial charge in [0, 0.05) is 25.9 Å². The van der Waals surface area contributed by atoms with Crippen molar-refractivity contribution in [3.05, 3.63) is 35.2 Å². The molecule has 158 valence electrons. The number of nitrogens with zero attached hydrogens (tertiary/aromatic N) is 6. The number of carbonyl (C=O) groups excluding carboxylic acids is 1. The van der Waals surface area contributed by atoms with Crippen molar-refractivity contribution >= 4 is 11.7 Å². The number of aromatic nitrogens is 4. The van der Waals surface area contributed by atoms with Crippen LogP contribution in [-0.4, -0.2) is 76.9 Å². The van der Waals surface area contributed by atoms with Crippen LogP contribution in [0.25, 0.3) is 0 Å². The molecule has 2 heterocycles. The SMILES string of the molecule is COCCn1nnnc1C1(N(C)C)CCCN(C(=O)Nc2cc(C)ccc2C)C1. The molecule has 0 saturated carbocycles. The van der Waals surface area contributed by atoms with Crippen molar-refractivity contribution in [2.24, 2.45) is 0 Å². The number of likely N-dealkylation sites (tertiary alicyclic amines) is 1. The molecule has 0 aliphatic carbocycles. The van der Waals surface area contributed by atoms with E-state index in [2.05, 4.69) is 25.7 Å². The number of hydrogen-bond donors (Lipinski definition) is 1. The van der Waals surface area contributed by atoms with Crippen LogP contribution in [0.2, 0.25) is 0 Å². The normalized spacial score (nSPS) is 19.6. The van der Waals surface area contributed by atoms with E-state index in [9.17, 15) is 4.79 Å². The Hall–Kier alpha value is -2.52. The lowest BCUT2D eigenvalue weighted by atomic mass is 9.86. The van der Waals surface area contributed by atoms with Crippen LogP contribution in [0.15, 0.2) is 18.2 Å². The Balaban J connectivity index is 1.84. The number of nitrogens with one attached hydrogen (secondary N) is 1. The minimum atomic E-state index is -0.450. The third kappa shape index (κ3) is 4.40. The molecule has 1 unspecified atom stereocenters. The fraction of sp³-hybridized carbons (Fsp3) is 0.600. The molecule has 3 rings (SSSR count). The first kappa shape index (κ1) is 21.2. The lowest BCUT2D eigenvalue weighted by Crippen LogP contribution is -2.57. The van der Waals surface area contributed by atoms with Crippen LogP contribution in [-0.2, 0) is 16.8 Å². The Morgan fingerprint density at radius 3 is 2.86 bits per heavy atom. The number of piperidine rings is 1. The predicted molar refractivity (Wildman–Crippen MR) is 111 cm³/mol. The van der Waals surface area contributed by atoms with Gasteiger partial charge in [0.05, 0.1) is 13.2 Å². The zero-order valence-electron chi connectivity index (χ0n) is 18.0. The molecule has 0 spiro atoms. The number of hydrogen-bond acceptors (Lipinski definition) is 6. The molecule has 9 heteroatoms. The topological polar surface area (TPSA) is 88.4 Å². The summed E-state index contributed by atoms with van der Waals surface area (Å²) in [6, 6.07) is 5.97. The Morgan fingerprint density at radius 1 is 1.34 bits per heavy atom. The van der Waals surface area contributed by atoms with Gasteiger partial charge in [-0.3, -0.25) is 4.90 Å². The van der Waals surface area contributed by atoms with Crippen LogP contribution in [0.5, 0.6) is 0 Å². The number of amides is 2. The Morgan fingerprint density at radius 2 is 2.14 bits per heavy atom. The molecule has 9 nitrogen and oxygen atoms in total. The molecular weight excluding hydrogens is 370 g/mol. The maximum absolute atomic E-state index is 13.1. The first-order valence-electron chi connectivity index (χ1n) is 9.93. The summed E-state index contributed by atoms with van der Waals surface area (Å²) in [6.07, 6.45) is 1.75. The average molecular weight is 402 g/mol. The standard InChI is InChI=1S/C20H31N7O2/c1-15-7-8-16(2)17(13-15)21-19(28)26-10-6-9-20(14-26,25(3)4)18-22-23-24-27(18)11-12-29-5/h7-8,13H,6,9-12,14H2,1-5H3,(H,21,28). The smallest absolute Gasteiger partial charge is 0.321 e. The van der Waals surface area contributed by atoms with Crippen molar-refractivity contribution < 1.29 is 9.53 Å². The number of anilines is 1. The van der Waals surface area contributed by atoms with Gasteiger partial charge >= 0.3 is 6.03 Å². The molecule has 1 aromatic carbocycles. The van der Waals surface area contributed by atoms with Gasteiger partial charge in [0.1, 0.15) is 5.54 Å². The number of likely N-dealkylation sites (N-methyl/N-ethyl adjacent to an activating group) is 1. The molecule has 2 aromatic rings. The van der Waals surface area contributed by atoms with E-state index in [1.165, 1.54) is 0 Å². The number of tetrazole rings is 1. The van der Waals surface area contributed by atoms with Gasteiger partial charge in [-0.1, -0.05) is 12.1 Å². The van der Waals surface area contributed by atoms with Gasteiger partial charge in [-0.15, -0.1) is 5.10 Å². The second kappa shape index (κ2) is 8.87. The summed E-state index contributed by atoms with van der Waals surface area (Å²) in [4.78, 5) is 17.1. The molecule has 0 bridgehead atoms. The highest BCUT2D eigenvalue weighted by Gasteiger charge is 2.44. The molecule has 1 aromatic heterocycles. The van der Waals surface area contributed by atoms with Crippen molar-refractivity contribution in [2.75, 3.05) is 46.2 Å². The first-order chi connectivity index (χ1) is 13.9. The van der Waals surface area contributed by atoms with Crippen molar-refractivity contribution in [3.8, 4) is 0 Å². The Kier molecular flexibility index (Phi) is 6.49. The van der Waals surface area contributed by atoms with Crippen molar-refractivity contribution in [1.29, 1.82) is 0 Å². The fourth-order valence-electron chi connectivity index (χ4n) is 3.89. The highest BCUT2D eigenvalue weighted by Crippen LogP contribution is 2.35. The van der Waals surface area contributed by atoms with Crippen LogP contribution in [0.4, 0.5) is 10.5 Å². The van der Waals surface area contributed by atoms with Gasteiger partial charge in [0.2, 0.25) is 0 Å². The number of urea groups is 1. The van der Waals surface area contributed by atoms with E-state index in [4.69, 9.17) is 4.74 Å². The monoisotopic (exact) mass is 401 g/mol. The van der Waals surface area contributed by atoms with Crippen LogP contribution in [0.1, 0.15) is 29.8 Å². The Labute approximate surface area is 172 Å². The lowest BCUT2D eigenvalue weighted by molar-refractivity contribution is 0.0473. The second-order valence-corrected chi connectivity index (χ2v) is 7.92. The summed E-state index contributed by atoms with van der Waals surface area (Å²) < 4.78 is 6.98. The summed E-state index contributed by atoms with van der Waals surface area (Å²) in [7, 11) is 5.69. The number of methoxy groups -OCH3 is 1. The van der Waals surface area contributed by atoms with Crippen molar-refractivity contribution in [1.82, 2.24) is 30.0 Å². The predicted octanol–water partition coefficient (Wildman–Crippen LogP) is 2.02. The van der Waals surface area contributed by atoms with Gasteiger partial charge in [0.15, 0.2) is 5.82 Å². The molecule has 0 radical (unpaired) electrons. The second-order valence-electron chi connectivity index (χ2n) is 7.92. The third-order valence-electron chi connectivity index (χ3n) is 5.70. The molecule has 1 aliphatic heterocycles. The van der Waals surface area contributed by atoms with E-state index >= 15 is 0 Å². The van der Waals surface area contributed by atoms with Gasteiger partial charge in [-0.2, -0.15) is 0 Å². The number of aryl methyl sites for hydroxylation is 2. The molecular formula is C20H31N7O2. The number of benzene rings is 1. The summed E-state index contributed by atoms with van der Waals surface area (Å²) in [5, 5.41) is 15.5. The highest BCUT2D eigenvalue weighted by molar-refractivity contribution is 5.90.